The molecule has 0 aromatic heterocycles. The van der Waals surface area contributed by atoms with Gasteiger partial charge >= 0.3 is 0 Å². The van der Waals surface area contributed by atoms with E-state index in [0.717, 1.165) is 5.56 Å². The SMILES string of the molecule is CC(C)(C)[C@H]1COC([c-]2[c-][c-][c-][c-]2)=N1.[Fe].[c-]1[c-][c-][cH-][c-]1. The summed E-state index contributed by atoms with van der Waals surface area (Å²) in [5.74, 6) is 0.627. The van der Waals surface area contributed by atoms with Gasteiger partial charge in [-0.3, -0.25) is 0 Å². The monoisotopic (exact) mass is 303 g/mol. The molecule has 0 aliphatic carbocycles. The van der Waals surface area contributed by atoms with E-state index in [1.54, 1.807) is 6.07 Å². The van der Waals surface area contributed by atoms with E-state index in [2.05, 4.69) is 74.3 Å². The van der Waals surface area contributed by atoms with E-state index in [1.165, 1.54) is 0 Å². The Morgan fingerprint density at radius 3 is 2.15 bits per heavy atom. The number of hydrogen-bond acceptors (Lipinski definition) is 2. The third-order valence-electron chi connectivity index (χ3n) is 2.65. The van der Waals surface area contributed by atoms with Crippen LogP contribution in [-0.4, -0.2) is 18.5 Å². The van der Waals surface area contributed by atoms with E-state index >= 15 is 0 Å². The largest absolute Gasteiger partial charge is 0.999 e. The quantitative estimate of drug-likeness (QED) is 0.585. The zero-order valence-corrected chi connectivity index (χ0v) is 12.7. The van der Waals surface area contributed by atoms with Crippen LogP contribution < -0.4 is 0 Å². The molecular formula is C17H13FeNO-10. The Bertz CT molecular complexity index is 474. The molecule has 0 bridgehead atoms. The fourth-order valence-electron chi connectivity index (χ4n) is 1.46. The summed E-state index contributed by atoms with van der Waals surface area (Å²) in [5, 5.41) is 0. The van der Waals surface area contributed by atoms with Gasteiger partial charge in [0, 0.05) is 17.1 Å². The molecule has 1 heterocycles. The zero-order valence-electron chi connectivity index (χ0n) is 11.6. The minimum Gasteiger partial charge on any atom is -0.999 e. The first-order valence-electron chi connectivity index (χ1n) is 6.00. The number of nitrogens with zero attached hydrogens (tertiary/aromatic N) is 1. The van der Waals surface area contributed by atoms with Crippen molar-refractivity contribution in [3.63, 3.8) is 0 Å². The standard InChI is InChI=1S/C12H12NO.C5H.Fe/c1-12(2,3)10-8-14-11(13-10)9-6-4-5-7-9;1-2-4-5-3-1;/h10H,8H2,1-3H3;1H;/q2*-5;/t10-;;/m1../s1. The maximum Gasteiger partial charge on any atom is 0.0743 e. The topological polar surface area (TPSA) is 21.6 Å². The molecule has 20 heavy (non-hydrogen) atoms. The summed E-state index contributed by atoms with van der Waals surface area (Å²) in [4.78, 5) is 4.49. The van der Waals surface area contributed by atoms with E-state index in [0.29, 0.717) is 12.5 Å². The number of hydrogen-bond donors (Lipinski definition) is 0. The van der Waals surface area contributed by atoms with Gasteiger partial charge in [-0.25, -0.2) is 5.90 Å². The Labute approximate surface area is 132 Å². The second-order valence-electron chi connectivity index (χ2n) is 5.19. The van der Waals surface area contributed by atoms with Crippen molar-refractivity contribution in [2.75, 3.05) is 6.61 Å². The first-order chi connectivity index (χ1) is 9.07. The van der Waals surface area contributed by atoms with Gasteiger partial charge in [-0.2, -0.15) is 0 Å². The van der Waals surface area contributed by atoms with Crippen molar-refractivity contribution in [2.45, 2.75) is 26.8 Å². The average Bonchev–Trinajstić information content (AvgIpc) is 3.13. The van der Waals surface area contributed by atoms with Gasteiger partial charge in [0.15, 0.2) is 0 Å². The molecule has 0 fully saturated rings. The third-order valence-corrected chi connectivity index (χ3v) is 2.65. The first-order valence-corrected chi connectivity index (χ1v) is 6.00. The minimum absolute atomic E-state index is 0. The smallest absolute Gasteiger partial charge is 0.0743 e. The van der Waals surface area contributed by atoms with Crippen LogP contribution in [-0.2, 0) is 21.8 Å². The molecule has 0 spiro atoms. The molecule has 0 saturated heterocycles. The van der Waals surface area contributed by atoms with Crippen molar-refractivity contribution in [3.8, 4) is 0 Å². The van der Waals surface area contributed by atoms with Gasteiger partial charge in [-0.05, 0) is 5.41 Å². The molecule has 110 valence electrons. The van der Waals surface area contributed by atoms with Crippen molar-refractivity contribution in [1.29, 1.82) is 0 Å². The summed E-state index contributed by atoms with van der Waals surface area (Å²) in [7, 11) is 0. The fraction of sp³-hybridized carbons (Fsp3) is 0.353. The molecule has 1 aliphatic rings. The molecule has 2 nitrogen and oxygen atoms in total. The summed E-state index contributed by atoms with van der Waals surface area (Å²) in [6.07, 6.45) is 0. The van der Waals surface area contributed by atoms with Gasteiger partial charge in [-0.1, -0.05) is 20.8 Å². The maximum atomic E-state index is 5.48. The van der Waals surface area contributed by atoms with Gasteiger partial charge in [0.2, 0.25) is 0 Å². The zero-order chi connectivity index (χ0) is 13.7. The molecule has 0 unspecified atom stereocenters. The molecule has 1 aliphatic heterocycles. The molecule has 0 saturated carbocycles. The van der Waals surface area contributed by atoms with Crippen LogP contribution in [0, 0.1) is 53.9 Å². The molecule has 0 amide bonds. The van der Waals surface area contributed by atoms with Gasteiger partial charge in [-0.15, -0.1) is 0 Å². The van der Waals surface area contributed by atoms with E-state index < -0.39 is 0 Å². The normalized spacial score (nSPS) is 17.4. The van der Waals surface area contributed by atoms with E-state index in [4.69, 9.17) is 4.74 Å². The van der Waals surface area contributed by atoms with Crippen molar-refractivity contribution in [2.24, 2.45) is 10.4 Å². The van der Waals surface area contributed by atoms with Gasteiger partial charge in [0.1, 0.15) is 0 Å². The second-order valence-corrected chi connectivity index (χ2v) is 5.19. The number of rotatable bonds is 1. The summed E-state index contributed by atoms with van der Waals surface area (Å²) in [6.45, 7) is 7.12. The summed E-state index contributed by atoms with van der Waals surface area (Å²) in [5.41, 5.74) is 0.874. The molecule has 3 heteroatoms. The third kappa shape index (κ3) is 4.66. The van der Waals surface area contributed by atoms with Crippen molar-refractivity contribution in [3.05, 3.63) is 60.2 Å². The van der Waals surface area contributed by atoms with E-state index in [-0.39, 0.29) is 28.5 Å². The van der Waals surface area contributed by atoms with Gasteiger partial charge in [0.25, 0.3) is 0 Å². The Hall–Kier alpha value is -1.31. The van der Waals surface area contributed by atoms with Crippen LogP contribution in [0.1, 0.15) is 26.3 Å². The molecule has 3 rings (SSSR count). The number of ether oxygens (including phenoxy) is 1. The molecule has 2 aromatic rings. The average molecular weight is 303 g/mol. The molecule has 1 atom stereocenters. The van der Waals surface area contributed by atoms with E-state index in [9.17, 15) is 0 Å². The predicted molar refractivity (Wildman–Crippen MR) is 70.5 cm³/mol. The van der Waals surface area contributed by atoms with Gasteiger partial charge < -0.3 is 69.9 Å². The summed E-state index contributed by atoms with van der Waals surface area (Å²) >= 11 is 0. The Balaban J connectivity index is 0.000000283. The summed E-state index contributed by atoms with van der Waals surface area (Å²) in [6, 6.07) is 23.3. The van der Waals surface area contributed by atoms with Crippen molar-refractivity contribution < 1.29 is 21.8 Å². The first kappa shape index (κ1) is 16.7. The molecular weight excluding hydrogens is 290 g/mol. The number of aliphatic imine (C=N–C) groups is 1. The molecule has 2 aromatic carbocycles. The van der Waals surface area contributed by atoms with Crippen LogP contribution in [0.3, 0.4) is 0 Å². The van der Waals surface area contributed by atoms with Crippen LogP contribution in [0.25, 0.3) is 0 Å². The van der Waals surface area contributed by atoms with Crippen molar-refractivity contribution in [1.82, 2.24) is 0 Å². The Morgan fingerprint density at radius 2 is 1.75 bits per heavy atom. The van der Waals surface area contributed by atoms with Crippen molar-refractivity contribution >= 4 is 5.90 Å². The molecule has 0 radical (unpaired) electrons. The fourth-order valence-corrected chi connectivity index (χ4v) is 1.46. The van der Waals surface area contributed by atoms with Crippen LogP contribution in [0.15, 0.2) is 11.1 Å². The van der Waals surface area contributed by atoms with Crippen LogP contribution in [0.5, 0.6) is 0 Å². The Morgan fingerprint density at radius 1 is 1.15 bits per heavy atom. The van der Waals surface area contributed by atoms with Crippen LogP contribution >= 0.6 is 0 Å². The Kier molecular flexibility index (Phi) is 6.25. The van der Waals surface area contributed by atoms with Gasteiger partial charge in [0.05, 0.1) is 12.6 Å². The minimum atomic E-state index is 0. The maximum absolute atomic E-state index is 5.48. The van der Waals surface area contributed by atoms with Crippen LogP contribution in [0.2, 0.25) is 0 Å². The van der Waals surface area contributed by atoms with E-state index in [1.807, 2.05) is 0 Å². The summed E-state index contributed by atoms with van der Waals surface area (Å²) < 4.78 is 5.48. The second kappa shape index (κ2) is 7.47. The predicted octanol–water partition coefficient (Wildman–Crippen LogP) is 2.40. The van der Waals surface area contributed by atoms with Crippen LogP contribution in [0.4, 0.5) is 0 Å². The molecule has 0 N–H and O–H groups in total.